The van der Waals surface area contributed by atoms with Crippen LogP contribution >= 0.6 is 0 Å². The van der Waals surface area contributed by atoms with Crippen molar-refractivity contribution >= 4 is 20.9 Å². The number of fused-ring (bicyclic) bond motifs is 1. The van der Waals surface area contributed by atoms with Gasteiger partial charge in [0, 0.05) is 30.2 Å². The lowest BCUT2D eigenvalue weighted by atomic mass is 10.1. The largest absolute Gasteiger partial charge is 0.348 e. The molecule has 1 heterocycles. The highest BCUT2D eigenvalue weighted by Crippen LogP contribution is 2.25. The average molecular weight is 342 g/mol. The summed E-state index contributed by atoms with van der Waals surface area (Å²) in [5.41, 5.74) is 4.47. The fourth-order valence-electron chi connectivity index (χ4n) is 3.09. The molecule has 126 valence electrons. The van der Waals surface area contributed by atoms with Crippen LogP contribution in [0.25, 0.3) is 10.9 Å². The quantitative estimate of drug-likeness (QED) is 0.773. The Bertz CT molecular complexity index is 988. The summed E-state index contributed by atoms with van der Waals surface area (Å²) in [5, 5.41) is 1.19. The van der Waals surface area contributed by atoms with Gasteiger partial charge in [-0.2, -0.15) is 0 Å². The molecule has 24 heavy (non-hydrogen) atoms. The topological polar surface area (TPSA) is 51.1 Å². The van der Waals surface area contributed by atoms with E-state index in [1.165, 1.54) is 22.2 Å². The lowest BCUT2D eigenvalue weighted by Gasteiger charge is -2.08. The summed E-state index contributed by atoms with van der Waals surface area (Å²) in [6.45, 7) is 4.34. The summed E-state index contributed by atoms with van der Waals surface area (Å²) in [5.74, 6) is 0. The number of para-hydroxylation sites is 1. The summed E-state index contributed by atoms with van der Waals surface area (Å²) in [6.07, 6.45) is 0.665. The van der Waals surface area contributed by atoms with Crippen LogP contribution in [-0.2, 0) is 23.5 Å². The molecule has 3 aromatic rings. The first-order chi connectivity index (χ1) is 11.4. The molecule has 5 heteroatoms. The van der Waals surface area contributed by atoms with Gasteiger partial charge in [0.25, 0.3) is 0 Å². The Hall–Kier alpha value is -2.11. The van der Waals surface area contributed by atoms with Gasteiger partial charge in [0.1, 0.15) is 0 Å². The zero-order valence-electron chi connectivity index (χ0n) is 14.2. The second kappa shape index (κ2) is 6.42. The molecule has 0 bridgehead atoms. The van der Waals surface area contributed by atoms with Gasteiger partial charge < -0.3 is 4.57 Å². The average Bonchev–Trinajstić information content (AvgIpc) is 2.80. The number of rotatable bonds is 5. The van der Waals surface area contributed by atoms with Crippen LogP contribution < -0.4 is 4.72 Å². The Morgan fingerprint density at radius 2 is 1.79 bits per heavy atom. The molecule has 0 saturated carbocycles. The monoisotopic (exact) mass is 342 g/mol. The molecular weight excluding hydrogens is 320 g/mol. The predicted molar refractivity (Wildman–Crippen MR) is 97.7 cm³/mol. The molecule has 0 atom stereocenters. The number of hydrogen-bond acceptors (Lipinski definition) is 2. The molecule has 0 saturated heterocycles. The maximum absolute atomic E-state index is 12.4. The second-order valence-electron chi connectivity index (χ2n) is 6.10. The van der Waals surface area contributed by atoms with Crippen molar-refractivity contribution in [3.63, 3.8) is 0 Å². The van der Waals surface area contributed by atoms with Gasteiger partial charge in [-0.1, -0.05) is 30.3 Å². The van der Waals surface area contributed by atoms with Gasteiger partial charge in [-0.25, -0.2) is 13.1 Å². The second-order valence-corrected chi connectivity index (χ2v) is 7.87. The molecule has 0 fully saturated rings. The number of nitrogens with one attached hydrogen (secondary N) is 1. The van der Waals surface area contributed by atoms with E-state index in [0.717, 1.165) is 5.56 Å². The minimum absolute atomic E-state index is 0.317. The van der Waals surface area contributed by atoms with Crippen molar-refractivity contribution in [3.8, 4) is 0 Å². The van der Waals surface area contributed by atoms with E-state index in [0.29, 0.717) is 17.9 Å². The normalized spacial score (nSPS) is 12.0. The molecule has 0 aliphatic carbocycles. The first-order valence-electron chi connectivity index (χ1n) is 7.99. The third-order valence-corrected chi connectivity index (χ3v) is 5.96. The van der Waals surface area contributed by atoms with Crippen LogP contribution in [0.15, 0.2) is 53.4 Å². The Labute approximate surface area is 143 Å². The highest BCUT2D eigenvalue weighted by Gasteiger charge is 2.15. The summed E-state index contributed by atoms with van der Waals surface area (Å²) < 4.78 is 29.7. The van der Waals surface area contributed by atoms with Gasteiger partial charge in [-0.15, -0.1) is 0 Å². The minimum Gasteiger partial charge on any atom is -0.348 e. The standard InChI is InChI=1S/C19H22N2O2S/c1-14-7-6-8-16(13-14)24(22,23)20-12-11-17-15(2)21(3)19-10-5-4-9-18(17)19/h4-10,13,20H,11-12H2,1-3H3. The van der Waals surface area contributed by atoms with Gasteiger partial charge in [-0.3, -0.25) is 0 Å². The van der Waals surface area contributed by atoms with E-state index in [1.807, 2.05) is 32.2 Å². The van der Waals surface area contributed by atoms with Crippen LogP contribution in [-0.4, -0.2) is 19.5 Å². The first kappa shape index (κ1) is 16.7. The first-order valence-corrected chi connectivity index (χ1v) is 9.47. The fourth-order valence-corrected chi connectivity index (χ4v) is 4.23. The molecule has 0 radical (unpaired) electrons. The van der Waals surface area contributed by atoms with Crippen molar-refractivity contribution in [2.45, 2.75) is 25.2 Å². The highest BCUT2D eigenvalue weighted by molar-refractivity contribution is 7.89. The zero-order chi connectivity index (χ0) is 17.3. The van der Waals surface area contributed by atoms with Crippen LogP contribution in [0.1, 0.15) is 16.8 Å². The molecule has 0 spiro atoms. The van der Waals surface area contributed by atoms with Crippen molar-refractivity contribution in [2.24, 2.45) is 7.05 Å². The van der Waals surface area contributed by atoms with Crippen molar-refractivity contribution < 1.29 is 8.42 Å². The van der Waals surface area contributed by atoms with E-state index in [1.54, 1.807) is 18.2 Å². The summed E-state index contributed by atoms with van der Waals surface area (Å²) >= 11 is 0. The van der Waals surface area contributed by atoms with E-state index in [-0.39, 0.29) is 0 Å². The van der Waals surface area contributed by atoms with Crippen LogP contribution in [0.2, 0.25) is 0 Å². The highest BCUT2D eigenvalue weighted by atomic mass is 32.2. The number of benzene rings is 2. The molecule has 3 rings (SSSR count). The summed E-state index contributed by atoms with van der Waals surface area (Å²) in [4.78, 5) is 0.317. The lowest BCUT2D eigenvalue weighted by Crippen LogP contribution is -2.26. The Balaban J connectivity index is 1.79. The number of aromatic nitrogens is 1. The van der Waals surface area contributed by atoms with Crippen molar-refractivity contribution in [1.82, 2.24) is 9.29 Å². The van der Waals surface area contributed by atoms with Gasteiger partial charge in [0.05, 0.1) is 4.90 Å². The van der Waals surface area contributed by atoms with E-state index in [4.69, 9.17) is 0 Å². The number of nitrogens with zero attached hydrogens (tertiary/aromatic N) is 1. The molecule has 1 aromatic heterocycles. The number of sulfonamides is 1. The molecule has 0 amide bonds. The number of aryl methyl sites for hydroxylation is 2. The zero-order valence-corrected chi connectivity index (χ0v) is 15.0. The van der Waals surface area contributed by atoms with E-state index < -0.39 is 10.0 Å². The Kier molecular flexibility index (Phi) is 4.47. The lowest BCUT2D eigenvalue weighted by molar-refractivity contribution is 0.581. The fraction of sp³-hybridized carbons (Fsp3) is 0.263. The maximum atomic E-state index is 12.4. The van der Waals surface area contributed by atoms with E-state index >= 15 is 0 Å². The van der Waals surface area contributed by atoms with Crippen LogP contribution in [0.5, 0.6) is 0 Å². The van der Waals surface area contributed by atoms with Gasteiger partial charge in [0.15, 0.2) is 0 Å². The molecule has 1 N–H and O–H groups in total. The maximum Gasteiger partial charge on any atom is 0.240 e. The molecule has 0 aliphatic heterocycles. The molecule has 2 aromatic carbocycles. The van der Waals surface area contributed by atoms with Crippen LogP contribution in [0.4, 0.5) is 0 Å². The van der Waals surface area contributed by atoms with E-state index in [9.17, 15) is 8.42 Å². The minimum atomic E-state index is -3.47. The van der Waals surface area contributed by atoms with Crippen molar-refractivity contribution in [2.75, 3.05) is 6.54 Å². The van der Waals surface area contributed by atoms with Crippen LogP contribution in [0.3, 0.4) is 0 Å². The van der Waals surface area contributed by atoms with E-state index in [2.05, 4.69) is 28.3 Å². The van der Waals surface area contributed by atoms with Gasteiger partial charge in [0.2, 0.25) is 10.0 Å². The third kappa shape index (κ3) is 3.09. The van der Waals surface area contributed by atoms with Crippen LogP contribution in [0, 0.1) is 13.8 Å². The van der Waals surface area contributed by atoms with Crippen molar-refractivity contribution in [1.29, 1.82) is 0 Å². The third-order valence-electron chi connectivity index (χ3n) is 4.50. The summed E-state index contributed by atoms with van der Waals surface area (Å²) in [6, 6.07) is 15.2. The van der Waals surface area contributed by atoms with Gasteiger partial charge in [-0.05, 0) is 49.6 Å². The van der Waals surface area contributed by atoms with Gasteiger partial charge >= 0.3 is 0 Å². The smallest absolute Gasteiger partial charge is 0.240 e. The Morgan fingerprint density at radius 1 is 1.04 bits per heavy atom. The molecule has 4 nitrogen and oxygen atoms in total. The SMILES string of the molecule is Cc1cccc(S(=O)(=O)NCCc2c(C)n(C)c3ccccc23)c1. The molecule has 0 unspecified atom stereocenters. The van der Waals surface area contributed by atoms with Crippen molar-refractivity contribution in [3.05, 3.63) is 65.4 Å². The Morgan fingerprint density at radius 3 is 2.54 bits per heavy atom. The molecular formula is C19H22N2O2S. The number of hydrogen-bond donors (Lipinski definition) is 1. The predicted octanol–water partition coefficient (Wildman–Crippen LogP) is 3.32. The summed E-state index contributed by atoms with van der Waals surface area (Å²) in [7, 11) is -1.43. The molecule has 0 aliphatic rings.